The van der Waals surface area contributed by atoms with Gasteiger partial charge >= 0.3 is 5.97 Å². The highest BCUT2D eigenvalue weighted by molar-refractivity contribution is 5.91. The SMILES string of the molecule is CCCCCC#Cc1ccc(C(=O)OC)c(C)c1. The van der Waals surface area contributed by atoms with Gasteiger partial charge in [0.05, 0.1) is 12.7 Å². The number of hydrogen-bond acceptors (Lipinski definition) is 2. The minimum atomic E-state index is -0.296. The standard InChI is InChI=1S/C16H20O2/c1-4-5-6-7-8-9-14-10-11-15(13(2)12-14)16(17)18-3/h10-12H,4-7H2,1-3H3. The molecule has 0 bridgehead atoms. The number of hydrogen-bond donors (Lipinski definition) is 0. The van der Waals surface area contributed by atoms with Gasteiger partial charge in [-0.05, 0) is 37.1 Å². The Morgan fingerprint density at radius 2 is 2.11 bits per heavy atom. The van der Waals surface area contributed by atoms with Gasteiger partial charge in [0.2, 0.25) is 0 Å². The fraction of sp³-hybridized carbons (Fsp3) is 0.438. The van der Waals surface area contributed by atoms with Crippen LogP contribution >= 0.6 is 0 Å². The molecule has 2 nitrogen and oxygen atoms in total. The van der Waals surface area contributed by atoms with E-state index >= 15 is 0 Å². The highest BCUT2D eigenvalue weighted by Gasteiger charge is 2.08. The quantitative estimate of drug-likeness (QED) is 0.458. The fourth-order valence-electron chi connectivity index (χ4n) is 1.71. The Labute approximate surface area is 109 Å². The van der Waals surface area contributed by atoms with Crippen molar-refractivity contribution in [3.05, 3.63) is 34.9 Å². The van der Waals surface area contributed by atoms with E-state index in [1.54, 1.807) is 6.07 Å². The maximum absolute atomic E-state index is 11.4. The zero-order chi connectivity index (χ0) is 13.4. The van der Waals surface area contributed by atoms with Crippen LogP contribution in [-0.4, -0.2) is 13.1 Å². The molecule has 0 unspecified atom stereocenters. The fourth-order valence-corrected chi connectivity index (χ4v) is 1.71. The molecule has 0 N–H and O–H groups in total. The van der Waals surface area contributed by atoms with E-state index in [0.717, 1.165) is 24.0 Å². The number of unbranched alkanes of at least 4 members (excludes halogenated alkanes) is 3. The monoisotopic (exact) mass is 244 g/mol. The van der Waals surface area contributed by atoms with Crippen LogP contribution in [0.5, 0.6) is 0 Å². The topological polar surface area (TPSA) is 26.3 Å². The molecule has 1 aromatic rings. The van der Waals surface area contributed by atoms with E-state index in [0.29, 0.717) is 5.56 Å². The first-order chi connectivity index (χ1) is 8.69. The van der Waals surface area contributed by atoms with Gasteiger partial charge in [-0.25, -0.2) is 4.79 Å². The Bertz CT molecular complexity index is 464. The van der Waals surface area contributed by atoms with Crippen molar-refractivity contribution in [3.8, 4) is 11.8 Å². The molecule has 0 amide bonds. The van der Waals surface area contributed by atoms with Crippen LogP contribution in [0.1, 0.15) is 54.1 Å². The van der Waals surface area contributed by atoms with Crippen molar-refractivity contribution in [2.75, 3.05) is 7.11 Å². The third-order valence-corrected chi connectivity index (χ3v) is 2.77. The van der Waals surface area contributed by atoms with Crippen molar-refractivity contribution in [3.63, 3.8) is 0 Å². The molecule has 1 rings (SSSR count). The van der Waals surface area contributed by atoms with E-state index < -0.39 is 0 Å². The zero-order valence-corrected chi connectivity index (χ0v) is 11.4. The van der Waals surface area contributed by atoms with Crippen molar-refractivity contribution in [1.82, 2.24) is 0 Å². The predicted octanol–water partition coefficient (Wildman–Crippen LogP) is 3.71. The van der Waals surface area contributed by atoms with E-state index in [1.807, 2.05) is 19.1 Å². The van der Waals surface area contributed by atoms with Crippen molar-refractivity contribution in [2.45, 2.75) is 39.5 Å². The molecule has 0 spiro atoms. The summed E-state index contributed by atoms with van der Waals surface area (Å²) < 4.78 is 4.71. The summed E-state index contributed by atoms with van der Waals surface area (Å²) in [5, 5.41) is 0. The van der Waals surface area contributed by atoms with Crippen molar-refractivity contribution in [2.24, 2.45) is 0 Å². The first-order valence-corrected chi connectivity index (χ1v) is 6.37. The summed E-state index contributed by atoms with van der Waals surface area (Å²) in [5.41, 5.74) is 2.47. The lowest BCUT2D eigenvalue weighted by atomic mass is 10.1. The summed E-state index contributed by atoms with van der Waals surface area (Å²) in [6.45, 7) is 4.08. The molecule has 0 radical (unpaired) electrons. The molecule has 0 aliphatic heterocycles. The molecule has 18 heavy (non-hydrogen) atoms. The molecule has 0 fully saturated rings. The number of benzene rings is 1. The van der Waals surface area contributed by atoms with Crippen molar-refractivity contribution < 1.29 is 9.53 Å². The lowest BCUT2D eigenvalue weighted by molar-refractivity contribution is 0.0600. The van der Waals surface area contributed by atoms with Crippen molar-refractivity contribution >= 4 is 5.97 Å². The van der Waals surface area contributed by atoms with E-state index in [2.05, 4.69) is 18.8 Å². The van der Waals surface area contributed by atoms with E-state index in [-0.39, 0.29) is 5.97 Å². The van der Waals surface area contributed by atoms with E-state index in [4.69, 9.17) is 4.74 Å². The molecule has 0 atom stereocenters. The number of carbonyl (C=O) groups excluding carboxylic acids is 1. The zero-order valence-electron chi connectivity index (χ0n) is 11.4. The Balaban J connectivity index is 2.69. The van der Waals surface area contributed by atoms with Crippen LogP contribution in [0.2, 0.25) is 0 Å². The van der Waals surface area contributed by atoms with Crippen LogP contribution in [0, 0.1) is 18.8 Å². The second kappa shape index (κ2) is 7.55. The number of esters is 1. The minimum Gasteiger partial charge on any atom is -0.465 e. The summed E-state index contributed by atoms with van der Waals surface area (Å²) in [4.78, 5) is 11.4. The normalized spacial score (nSPS) is 9.50. The Kier molecular flexibility index (Phi) is 6.00. The van der Waals surface area contributed by atoms with Gasteiger partial charge in [-0.1, -0.05) is 31.6 Å². The first kappa shape index (κ1) is 14.3. The molecule has 0 saturated carbocycles. The van der Waals surface area contributed by atoms with Crippen LogP contribution in [0.25, 0.3) is 0 Å². The molecular formula is C16H20O2. The van der Waals surface area contributed by atoms with Gasteiger partial charge in [-0.3, -0.25) is 0 Å². The van der Waals surface area contributed by atoms with Crippen molar-refractivity contribution in [1.29, 1.82) is 0 Å². The smallest absolute Gasteiger partial charge is 0.338 e. The molecule has 0 aliphatic carbocycles. The van der Waals surface area contributed by atoms with E-state index in [9.17, 15) is 4.79 Å². The average Bonchev–Trinajstić information content (AvgIpc) is 2.38. The highest BCUT2D eigenvalue weighted by atomic mass is 16.5. The van der Waals surface area contributed by atoms with E-state index in [1.165, 1.54) is 20.0 Å². The van der Waals surface area contributed by atoms with Crippen LogP contribution in [0.3, 0.4) is 0 Å². The highest BCUT2D eigenvalue weighted by Crippen LogP contribution is 2.11. The summed E-state index contributed by atoms with van der Waals surface area (Å²) >= 11 is 0. The number of rotatable bonds is 4. The molecular weight excluding hydrogens is 224 g/mol. The van der Waals surface area contributed by atoms with Gasteiger partial charge < -0.3 is 4.74 Å². The largest absolute Gasteiger partial charge is 0.465 e. The lowest BCUT2D eigenvalue weighted by Gasteiger charge is -2.03. The van der Waals surface area contributed by atoms with Crippen LogP contribution in [0.4, 0.5) is 0 Å². The maximum Gasteiger partial charge on any atom is 0.338 e. The van der Waals surface area contributed by atoms with Crippen LogP contribution in [-0.2, 0) is 4.74 Å². The number of methoxy groups -OCH3 is 1. The molecule has 0 aromatic heterocycles. The van der Waals surface area contributed by atoms with Crippen LogP contribution < -0.4 is 0 Å². The maximum atomic E-state index is 11.4. The summed E-state index contributed by atoms with van der Waals surface area (Å²) in [5.74, 6) is 5.99. The van der Waals surface area contributed by atoms with Gasteiger partial charge in [0.25, 0.3) is 0 Å². The minimum absolute atomic E-state index is 0.296. The van der Waals surface area contributed by atoms with Gasteiger partial charge in [0.15, 0.2) is 0 Å². The number of aryl methyl sites for hydroxylation is 1. The van der Waals surface area contributed by atoms with Gasteiger partial charge in [-0.15, -0.1) is 0 Å². The van der Waals surface area contributed by atoms with Crippen LogP contribution in [0.15, 0.2) is 18.2 Å². The molecule has 2 heteroatoms. The van der Waals surface area contributed by atoms with Gasteiger partial charge in [0.1, 0.15) is 0 Å². The summed E-state index contributed by atoms with van der Waals surface area (Å²) in [6.07, 6.45) is 4.54. The second-order valence-corrected chi connectivity index (χ2v) is 4.28. The average molecular weight is 244 g/mol. The summed E-state index contributed by atoms with van der Waals surface area (Å²) in [7, 11) is 1.39. The lowest BCUT2D eigenvalue weighted by Crippen LogP contribution is -2.03. The first-order valence-electron chi connectivity index (χ1n) is 6.37. The van der Waals surface area contributed by atoms with Gasteiger partial charge in [0, 0.05) is 12.0 Å². The predicted molar refractivity (Wildman–Crippen MR) is 73.5 cm³/mol. The number of carbonyl (C=O) groups is 1. The number of ether oxygens (including phenoxy) is 1. The Hall–Kier alpha value is -1.75. The molecule has 1 aromatic carbocycles. The molecule has 0 saturated heterocycles. The molecule has 0 aliphatic rings. The molecule has 96 valence electrons. The van der Waals surface area contributed by atoms with Gasteiger partial charge in [-0.2, -0.15) is 0 Å². The molecule has 0 heterocycles. The third-order valence-electron chi connectivity index (χ3n) is 2.77. The Morgan fingerprint density at radius 3 is 2.72 bits per heavy atom. The Morgan fingerprint density at radius 1 is 1.33 bits per heavy atom. The summed E-state index contributed by atoms with van der Waals surface area (Å²) in [6, 6.07) is 5.57. The second-order valence-electron chi connectivity index (χ2n) is 4.28. The third kappa shape index (κ3) is 4.25.